The molecule has 192 valence electrons. The molecule has 0 unspecified atom stereocenters. The van der Waals surface area contributed by atoms with Crippen molar-refractivity contribution in [2.24, 2.45) is 0 Å². The molecule has 0 aliphatic rings. The lowest BCUT2D eigenvalue weighted by Crippen LogP contribution is -2.41. The first-order valence-electron chi connectivity index (χ1n) is 11.1. The molecule has 0 aliphatic carbocycles. The number of carbonyl (C=O) groups excluding carboxylic acids is 1. The van der Waals surface area contributed by atoms with Gasteiger partial charge in [-0.2, -0.15) is 13.2 Å². The Bertz CT molecular complexity index is 1360. The molecule has 0 spiro atoms. The van der Waals surface area contributed by atoms with Gasteiger partial charge in [0.1, 0.15) is 11.3 Å². The molecule has 0 aliphatic heterocycles. The summed E-state index contributed by atoms with van der Waals surface area (Å²) in [5, 5.41) is 2.40. The molecule has 1 amide bonds. The van der Waals surface area contributed by atoms with Gasteiger partial charge in [-0.1, -0.05) is 30.3 Å². The first-order chi connectivity index (χ1) is 16.7. The Morgan fingerprint density at radius 2 is 1.64 bits per heavy atom. The van der Waals surface area contributed by atoms with Gasteiger partial charge in [0.15, 0.2) is 0 Å². The number of halogens is 3. The lowest BCUT2D eigenvalue weighted by atomic mass is 10.1. The molecule has 8 nitrogen and oxygen atoms in total. The van der Waals surface area contributed by atoms with Gasteiger partial charge < -0.3 is 10.1 Å². The summed E-state index contributed by atoms with van der Waals surface area (Å²) in [7, 11) is 0. The number of amides is 1. The Morgan fingerprint density at radius 1 is 0.972 bits per heavy atom. The van der Waals surface area contributed by atoms with E-state index in [1.807, 2.05) is 30.3 Å². The van der Waals surface area contributed by atoms with Crippen LogP contribution in [0.1, 0.15) is 49.0 Å². The van der Waals surface area contributed by atoms with Crippen molar-refractivity contribution in [2.45, 2.75) is 59.1 Å². The molecule has 0 atom stereocenters. The topological polar surface area (TPSA) is 95.2 Å². The number of pyridine rings is 1. The molecule has 0 radical (unpaired) electrons. The van der Waals surface area contributed by atoms with Gasteiger partial charge in [-0.15, -0.1) is 0 Å². The molecule has 2 heterocycles. The molecule has 0 saturated heterocycles. The van der Waals surface area contributed by atoms with Crippen LogP contribution in [0.3, 0.4) is 0 Å². The van der Waals surface area contributed by atoms with E-state index in [2.05, 4.69) is 10.3 Å². The molecule has 1 aromatic carbocycles. The Labute approximate surface area is 205 Å². The van der Waals surface area contributed by atoms with E-state index in [-0.39, 0.29) is 24.3 Å². The number of rotatable bonds is 6. The Balaban J connectivity index is 1.95. The summed E-state index contributed by atoms with van der Waals surface area (Å²) < 4.78 is 47.9. The number of alkyl carbamates (subject to hydrolysis) is 1. The minimum absolute atomic E-state index is 0.0861. The molecule has 0 saturated carbocycles. The normalized spacial score (nSPS) is 11.9. The zero-order valence-corrected chi connectivity index (χ0v) is 20.3. The second kappa shape index (κ2) is 10.4. The van der Waals surface area contributed by atoms with Crippen molar-refractivity contribution in [3.8, 4) is 0 Å². The predicted octanol–water partition coefficient (Wildman–Crippen LogP) is 3.85. The van der Waals surface area contributed by atoms with Crippen molar-refractivity contribution < 1.29 is 22.7 Å². The highest BCUT2D eigenvalue weighted by Gasteiger charge is 2.33. The minimum Gasteiger partial charge on any atom is -0.444 e. The van der Waals surface area contributed by atoms with Crippen LogP contribution in [0.15, 0.2) is 58.1 Å². The van der Waals surface area contributed by atoms with Crippen molar-refractivity contribution in [3.05, 3.63) is 97.6 Å². The third-order valence-corrected chi connectivity index (χ3v) is 5.05. The SMILES string of the molecule is Cc1cc(=O)n(Cc2cc(CNC(=O)OC(C)(C)C)cc(C(F)(F)F)n2)c(=O)n1Cc1ccccc1. The number of nitrogens with zero attached hydrogens (tertiary/aromatic N) is 3. The summed E-state index contributed by atoms with van der Waals surface area (Å²) in [5.74, 6) is 0. The molecule has 3 aromatic rings. The summed E-state index contributed by atoms with van der Waals surface area (Å²) in [5.41, 5.74) is -2.14. The summed E-state index contributed by atoms with van der Waals surface area (Å²) in [6.07, 6.45) is -5.57. The van der Waals surface area contributed by atoms with Gasteiger partial charge in [0.05, 0.1) is 18.8 Å². The second-order valence-electron chi connectivity index (χ2n) is 9.27. The zero-order valence-electron chi connectivity index (χ0n) is 20.3. The van der Waals surface area contributed by atoms with Crippen molar-refractivity contribution in [1.29, 1.82) is 0 Å². The van der Waals surface area contributed by atoms with Crippen LogP contribution in [0.5, 0.6) is 0 Å². The molecule has 3 rings (SSSR count). The standard InChI is InChI=1S/C25H27F3N4O4/c1-16-10-21(33)32(23(35)31(16)14-17-8-6-5-7-9-17)15-19-11-18(12-20(30-19)25(26,27)28)13-29-22(34)36-24(2,3)4/h5-12H,13-15H2,1-4H3,(H,29,34). The van der Waals surface area contributed by atoms with E-state index < -0.39 is 41.4 Å². The van der Waals surface area contributed by atoms with Crippen LogP contribution in [0.4, 0.5) is 18.0 Å². The maximum Gasteiger partial charge on any atom is 0.433 e. The highest BCUT2D eigenvalue weighted by Crippen LogP contribution is 2.28. The van der Waals surface area contributed by atoms with Crippen LogP contribution < -0.4 is 16.6 Å². The maximum atomic E-state index is 13.5. The fraction of sp³-hybridized carbons (Fsp3) is 0.360. The number of hydrogen-bond donors (Lipinski definition) is 1. The monoisotopic (exact) mass is 504 g/mol. The smallest absolute Gasteiger partial charge is 0.433 e. The van der Waals surface area contributed by atoms with Gasteiger partial charge in [-0.05, 0) is 51.0 Å². The number of hydrogen-bond acceptors (Lipinski definition) is 5. The van der Waals surface area contributed by atoms with E-state index in [1.54, 1.807) is 27.7 Å². The molecule has 36 heavy (non-hydrogen) atoms. The van der Waals surface area contributed by atoms with Gasteiger partial charge in [0.25, 0.3) is 5.56 Å². The average Bonchev–Trinajstić information content (AvgIpc) is 2.77. The number of alkyl halides is 3. The fourth-order valence-electron chi connectivity index (χ4n) is 3.46. The number of aromatic nitrogens is 3. The van der Waals surface area contributed by atoms with Gasteiger partial charge in [-0.3, -0.25) is 13.9 Å². The molecular formula is C25H27F3N4O4. The number of aryl methyl sites for hydroxylation is 1. The van der Waals surface area contributed by atoms with Crippen molar-refractivity contribution in [3.63, 3.8) is 0 Å². The van der Waals surface area contributed by atoms with Crippen molar-refractivity contribution in [2.75, 3.05) is 0 Å². The van der Waals surface area contributed by atoms with Crippen molar-refractivity contribution >= 4 is 6.09 Å². The average molecular weight is 505 g/mol. The molecule has 2 aromatic heterocycles. The fourth-order valence-corrected chi connectivity index (χ4v) is 3.46. The minimum atomic E-state index is -4.78. The highest BCUT2D eigenvalue weighted by atomic mass is 19.4. The first-order valence-corrected chi connectivity index (χ1v) is 11.1. The van der Waals surface area contributed by atoms with E-state index in [9.17, 15) is 27.6 Å². The maximum absolute atomic E-state index is 13.5. The summed E-state index contributed by atoms with van der Waals surface area (Å²) in [6.45, 7) is 6.02. The Morgan fingerprint density at radius 3 is 2.25 bits per heavy atom. The van der Waals surface area contributed by atoms with E-state index >= 15 is 0 Å². The third kappa shape index (κ3) is 7.06. The van der Waals surface area contributed by atoms with E-state index in [1.165, 1.54) is 16.7 Å². The number of carbonyl (C=O) groups is 1. The Kier molecular flexibility index (Phi) is 7.71. The van der Waals surface area contributed by atoms with Gasteiger partial charge >= 0.3 is 18.0 Å². The summed E-state index contributed by atoms with van der Waals surface area (Å²) in [4.78, 5) is 41.3. The summed E-state index contributed by atoms with van der Waals surface area (Å²) >= 11 is 0. The van der Waals surface area contributed by atoms with Crippen molar-refractivity contribution in [1.82, 2.24) is 19.4 Å². The first kappa shape index (κ1) is 26.7. The predicted molar refractivity (Wildman–Crippen MR) is 127 cm³/mol. The van der Waals surface area contributed by atoms with Crippen LogP contribution in [0.2, 0.25) is 0 Å². The number of benzene rings is 1. The molecular weight excluding hydrogens is 477 g/mol. The quantitative estimate of drug-likeness (QED) is 0.550. The largest absolute Gasteiger partial charge is 0.444 e. The van der Waals surface area contributed by atoms with Crippen LogP contribution in [0, 0.1) is 6.92 Å². The molecule has 0 fully saturated rings. The molecule has 11 heteroatoms. The molecule has 1 N–H and O–H groups in total. The number of nitrogens with one attached hydrogen (secondary N) is 1. The van der Waals surface area contributed by atoms with Gasteiger partial charge in [0, 0.05) is 18.3 Å². The lowest BCUT2D eigenvalue weighted by molar-refractivity contribution is -0.141. The van der Waals surface area contributed by atoms with E-state index in [4.69, 9.17) is 4.74 Å². The summed E-state index contributed by atoms with van der Waals surface area (Å²) in [6, 6.07) is 12.4. The molecule has 0 bridgehead atoms. The van der Waals surface area contributed by atoms with E-state index in [0.717, 1.165) is 16.2 Å². The zero-order chi connectivity index (χ0) is 26.7. The van der Waals surface area contributed by atoms with Gasteiger partial charge in [-0.25, -0.2) is 14.6 Å². The van der Waals surface area contributed by atoms with Crippen LogP contribution in [0.25, 0.3) is 0 Å². The van der Waals surface area contributed by atoms with Crippen LogP contribution in [-0.2, 0) is 30.5 Å². The Hall–Kier alpha value is -3.89. The van der Waals surface area contributed by atoms with Crippen LogP contribution in [-0.4, -0.2) is 25.8 Å². The van der Waals surface area contributed by atoms with Gasteiger partial charge in [0.2, 0.25) is 0 Å². The lowest BCUT2D eigenvalue weighted by Gasteiger charge is -2.20. The second-order valence-corrected chi connectivity index (χ2v) is 9.27. The number of ether oxygens (including phenoxy) is 1. The van der Waals surface area contributed by atoms with E-state index in [0.29, 0.717) is 5.69 Å². The third-order valence-electron chi connectivity index (χ3n) is 5.05. The highest BCUT2D eigenvalue weighted by molar-refractivity contribution is 5.67. The van der Waals surface area contributed by atoms with Crippen LogP contribution >= 0.6 is 0 Å².